The van der Waals surface area contributed by atoms with Crippen LogP contribution in [0.3, 0.4) is 0 Å². The van der Waals surface area contributed by atoms with Gasteiger partial charge in [0.1, 0.15) is 35.9 Å². The molecule has 33 heavy (non-hydrogen) atoms. The van der Waals surface area contributed by atoms with Crippen molar-refractivity contribution in [1.82, 2.24) is 0 Å². The number of ketones is 2. The molecule has 1 aliphatic heterocycles. The second-order valence-electron chi connectivity index (χ2n) is 7.26. The number of ether oxygens (including phenoxy) is 4. The van der Waals surface area contributed by atoms with Gasteiger partial charge in [-0.1, -0.05) is 0 Å². The van der Waals surface area contributed by atoms with Crippen LogP contribution in [0.4, 0.5) is 0 Å². The zero-order chi connectivity index (χ0) is 24.3. The van der Waals surface area contributed by atoms with Crippen LogP contribution in [-0.4, -0.2) is 88.6 Å². The maximum atomic E-state index is 12.8. The number of hydrogen-bond donors (Lipinski definition) is 5. The van der Waals surface area contributed by atoms with E-state index in [1.54, 1.807) is 0 Å². The van der Waals surface area contributed by atoms with Gasteiger partial charge >= 0.3 is 0 Å². The van der Waals surface area contributed by atoms with Crippen molar-refractivity contribution in [3.63, 3.8) is 0 Å². The van der Waals surface area contributed by atoms with E-state index in [-0.39, 0.29) is 22.6 Å². The number of aromatic hydroxyl groups is 1. The maximum absolute atomic E-state index is 12.8. The smallest absolute Gasteiger partial charge is 0.233 e. The highest BCUT2D eigenvalue weighted by Crippen LogP contribution is 2.30. The number of aliphatic hydroxyl groups is 4. The van der Waals surface area contributed by atoms with Crippen molar-refractivity contribution in [1.29, 1.82) is 0 Å². The largest absolute Gasteiger partial charge is 0.508 e. The Hall–Kier alpha value is -3.22. The topological polar surface area (TPSA) is 172 Å². The van der Waals surface area contributed by atoms with Crippen molar-refractivity contribution in [2.45, 2.75) is 30.7 Å². The van der Waals surface area contributed by atoms with E-state index >= 15 is 0 Å². The van der Waals surface area contributed by atoms with Gasteiger partial charge in [0.15, 0.2) is 11.5 Å². The summed E-state index contributed by atoms with van der Waals surface area (Å²) in [5, 5.41) is 49.1. The average molecular weight is 464 g/mol. The number of Topliss-reactive ketones (excluding diaryl/α,β-unsaturated/α-hetero) is 2. The Morgan fingerprint density at radius 2 is 1.55 bits per heavy atom. The predicted molar refractivity (Wildman–Crippen MR) is 111 cm³/mol. The molecular weight excluding hydrogens is 440 g/mol. The first-order chi connectivity index (χ1) is 15.7. The van der Waals surface area contributed by atoms with Gasteiger partial charge in [0.05, 0.1) is 20.8 Å². The minimum absolute atomic E-state index is 0.0254. The van der Waals surface area contributed by atoms with Gasteiger partial charge in [-0.25, -0.2) is 0 Å². The molecular formula is C22H24O11. The van der Waals surface area contributed by atoms with Crippen LogP contribution in [0.1, 0.15) is 20.7 Å². The summed E-state index contributed by atoms with van der Waals surface area (Å²) in [5.74, 6) is -1.81. The molecule has 0 saturated carbocycles. The molecule has 0 spiro atoms. The van der Waals surface area contributed by atoms with E-state index < -0.39 is 54.6 Å². The fraction of sp³-hybridized carbons (Fsp3) is 0.364. The quantitative estimate of drug-likeness (QED) is 0.255. The number of aliphatic hydroxyl groups excluding tert-OH is 4. The van der Waals surface area contributed by atoms with Gasteiger partial charge in [-0.3, -0.25) is 9.59 Å². The third-order valence-electron chi connectivity index (χ3n) is 5.11. The molecule has 2 aromatic carbocycles. The van der Waals surface area contributed by atoms with Crippen molar-refractivity contribution < 1.29 is 54.1 Å². The number of benzene rings is 2. The molecule has 0 aliphatic carbocycles. The second kappa shape index (κ2) is 10.1. The zero-order valence-corrected chi connectivity index (χ0v) is 17.7. The Bertz CT molecular complexity index is 1020. The van der Waals surface area contributed by atoms with Crippen LogP contribution in [0, 0.1) is 0 Å². The summed E-state index contributed by atoms with van der Waals surface area (Å²) >= 11 is 0. The normalized spacial score (nSPS) is 24.7. The fourth-order valence-corrected chi connectivity index (χ4v) is 3.32. The molecule has 0 aromatic heterocycles. The summed E-state index contributed by atoms with van der Waals surface area (Å²) in [7, 11) is 2.81. The lowest BCUT2D eigenvalue weighted by molar-refractivity contribution is -0.277. The highest BCUT2D eigenvalue weighted by molar-refractivity contribution is 6.49. The summed E-state index contributed by atoms with van der Waals surface area (Å²) in [6.07, 6.45) is -7.70. The van der Waals surface area contributed by atoms with Crippen molar-refractivity contribution in [2.24, 2.45) is 0 Å². The molecule has 5 atom stereocenters. The van der Waals surface area contributed by atoms with Gasteiger partial charge in [-0.05, 0) is 30.3 Å². The Balaban J connectivity index is 1.84. The molecule has 2 aromatic rings. The van der Waals surface area contributed by atoms with Crippen molar-refractivity contribution in [3.05, 3.63) is 47.5 Å². The SMILES string of the molecule is COc1ccc(C(=O)C(=O)c2cc(O)cc(O[C@@H]3O[C@H](CO)[C@@H](O)[C@H](O)[C@H]3O)c2)cc1OC. The summed E-state index contributed by atoms with van der Waals surface area (Å²) in [5.41, 5.74) is -0.188. The Morgan fingerprint density at radius 1 is 0.879 bits per heavy atom. The second-order valence-corrected chi connectivity index (χ2v) is 7.26. The van der Waals surface area contributed by atoms with Gasteiger partial charge in [0.2, 0.25) is 17.9 Å². The van der Waals surface area contributed by atoms with Gasteiger partial charge < -0.3 is 44.5 Å². The number of hydrogen-bond acceptors (Lipinski definition) is 11. The lowest BCUT2D eigenvalue weighted by Crippen LogP contribution is -2.60. The van der Waals surface area contributed by atoms with E-state index in [0.29, 0.717) is 5.75 Å². The summed E-state index contributed by atoms with van der Waals surface area (Å²) in [4.78, 5) is 25.5. The van der Waals surface area contributed by atoms with Crippen LogP contribution >= 0.6 is 0 Å². The van der Waals surface area contributed by atoms with E-state index in [1.807, 2.05) is 0 Å². The molecule has 3 rings (SSSR count). The first-order valence-electron chi connectivity index (χ1n) is 9.82. The molecule has 11 heteroatoms. The molecule has 0 radical (unpaired) electrons. The van der Waals surface area contributed by atoms with Gasteiger partial charge in [0.25, 0.3) is 0 Å². The van der Waals surface area contributed by atoms with Crippen LogP contribution in [-0.2, 0) is 4.74 Å². The molecule has 0 amide bonds. The van der Waals surface area contributed by atoms with Gasteiger partial charge in [0, 0.05) is 17.2 Å². The highest BCUT2D eigenvalue weighted by atomic mass is 16.7. The lowest BCUT2D eigenvalue weighted by atomic mass is 9.99. The minimum atomic E-state index is -1.70. The first-order valence-corrected chi connectivity index (χ1v) is 9.82. The van der Waals surface area contributed by atoms with E-state index in [1.165, 1.54) is 32.4 Å². The van der Waals surface area contributed by atoms with Gasteiger partial charge in [-0.15, -0.1) is 0 Å². The summed E-state index contributed by atoms with van der Waals surface area (Å²) < 4.78 is 20.9. The Morgan fingerprint density at radius 3 is 2.18 bits per heavy atom. The number of rotatable bonds is 8. The number of carbonyl (C=O) groups is 2. The predicted octanol–water partition coefficient (Wildman–Crippen LogP) is -0.346. The third kappa shape index (κ3) is 5.07. The molecule has 11 nitrogen and oxygen atoms in total. The number of phenolic OH excluding ortho intramolecular Hbond substituents is 1. The molecule has 1 aliphatic rings. The molecule has 1 heterocycles. The van der Waals surface area contributed by atoms with Crippen LogP contribution in [0.2, 0.25) is 0 Å². The molecule has 5 N–H and O–H groups in total. The average Bonchev–Trinajstić information content (AvgIpc) is 2.82. The van der Waals surface area contributed by atoms with Crippen molar-refractivity contribution >= 4 is 11.6 Å². The van der Waals surface area contributed by atoms with Gasteiger partial charge in [-0.2, -0.15) is 0 Å². The standard InChI is InChI=1S/C22H24O11/c1-30-14-4-3-10(7-15(14)31-2)17(25)18(26)11-5-12(24)8-13(6-11)32-22-21(29)20(28)19(27)16(9-23)33-22/h3-8,16,19-24,27-29H,9H2,1-2H3/t16-,19-,20+,21-,22-/m1/s1. The fourth-order valence-electron chi connectivity index (χ4n) is 3.32. The molecule has 1 fully saturated rings. The van der Waals surface area contributed by atoms with Crippen LogP contribution in [0.15, 0.2) is 36.4 Å². The Kier molecular flexibility index (Phi) is 7.51. The van der Waals surface area contributed by atoms with E-state index in [4.69, 9.17) is 18.9 Å². The first kappa shape index (κ1) is 24.4. The van der Waals surface area contributed by atoms with Crippen molar-refractivity contribution in [2.75, 3.05) is 20.8 Å². The van der Waals surface area contributed by atoms with Crippen molar-refractivity contribution in [3.8, 4) is 23.0 Å². The summed E-state index contributed by atoms with van der Waals surface area (Å²) in [6.45, 7) is -0.658. The van der Waals surface area contributed by atoms with Crippen LogP contribution in [0.25, 0.3) is 0 Å². The minimum Gasteiger partial charge on any atom is -0.508 e. The number of methoxy groups -OCH3 is 2. The monoisotopic (exact) mass is 464 g/mol. The molecule has 0 bridgehead atoms. The van der Waals surface area contributed by atoms with E-state index in [0.717, 1.165) is 18.2 Å². The number of phenols is 1. The lowest BCUT2D eigenvalue weighted by Gasteiger charge is -2.39. The summed E-state index contributed by atoms with van der Waals surface area (Å²) in [6, 6.07) is 7.49. The highest BCUT2D eigenvalue weighted by Gasteiger charge is 2.44. The van der Waals surface area contributed by atoms with E-state index in [2.05, 4.69) is 0 Å². The number of carbonyl (C=O) groups excluding carboxylic acids is 2. The molecule has 1 saturated heterocycles. The molecule has 178 valence electrons. The van der Waals surface area contributed by atoms with Crippen LogP contribution in [0.5, 0.6) is 23.0 Å². The third-order valence-corrected chi connectivity index (χ3v) is 5.11. The zero-order valence-electron chi connectivity index (χ0n) is 17.7. The van der Waals surface area contributed by atoms with Crippen LogP contribution < -0.4 is 14.2 Å². The van der Waals surface area contributed by atoms with E-state index in [9.17, 15) is 35.1 Å². The Labute approximate surface area is 188 Å². The maximum Gasteiger partial charge on any atom is 0.233 e. The molecule has 0 unspecified atom stereocenters.